The van der Waals surface area contributed by atoms with E-state index in [-0.39, 0.29) is 23.5 Å². The number of amides is 2. The minimum atomic E-state index is -4.67. The van der Waals surface area contributed by atoms with Gasteiger partial charge in [0.15, 0.2) is 12.4 Å². The lowest BCUT2D eigenvalue weighted by Gasteiger charge is -2.08. The Morgan fingerprint density at radius 1 is 1.03 bits per heavy atom. The SMILES string of the molecule is COc1ccc(C(=O)COc2ccc(CC3SC(=O)NC3=O)cc2)cc1.O=S(=O)(O)O. The highest BCUT2D eigenvalue weighted by molar-refractivity contribution is 8.15. The summed E-state index contributed by atoms with van der Waals surface area (Å²) in [5.41, 5.74) is 1.47. The second kappa shape index (κ2) is 10.9. The van der Waals surface area contributed by atoms with Gasteiger partial charge in [0.05, 0.1) is 12.4 Å². The van der Waals surface area contributed by atoms with Crippen LogP contribution in [0.1, 0.15) is 15.9 Å². The van der Waals surface area contributed by atoms with Gasteiger partial charge in [-0.1, -0.05) is 23.9 Å². The highest BCUT2D eigenvalue weighted by atomic mass is 32.3. The van der Waals surface area contributed by atoms with Crippen LogP contribution in [0.4, 0.5) is 4.79 Å². The summed E-state index contributed by atoms with van der Waals surface area (Å²) >= 11 is 1.00. The van der Waals surface area contributed by atoms with E-state index in [4.69, 9.17) is 27.0 Å². The van der Waals surface area contributed by atoms with Gasteiger partial charge in [-0.15, -0.1) is 0 Å². The van der Waals surface area contributed by atoms with Gasteiger partial charge < -0.3 is 9.47 Å². The van der Waals surface area contributed by atoms with E-state index in [1.807, 2.05) is 12.1 Å². The molecule has 3 rings (SSSR count). The molecule has 10 nitrogen and oxygen atoms in total. The number of methoxy groups -OCH3 is 1. The van der Waals surface area contributed by atoms with Crippen molar-refractivity contribution in [3.05, 3.63) is 59.7 Å². The van der Waals surface area contributed by atoms with Crippen molar-refractivity contribution in [2.24, 2.45) is 0 Å². The minimum Gasteiger partial charge on any atom is -0.497 e. The average Bonchev–Trinajstić information content (AvgIpc) is 3.02. The number of Topliss-reactive ketones (excluding diaryl/α,β-unsaturated/α-hetero) is 1. The molecule has 0 aliphatic carbocycles. The zero-order valence-electron chi connectivity index (χ0n) is 16.2. The Kier molecular flexibility index (Phi) is 8.56. The van der Waals surface area contributed by atoms with E-state index < -0.39 is 15.6 Å². The Balaban J connectivity index is 0.000000614. The number of ketones is 1. The molecule has 166 valence electrons. The fourth-order valence-electron chi connectivity index (χ4n) is 2.47. The first-order chi connectivity index (χ1) is 14.5. The number of imide groups is 1. The number of carbonyl (C=O) groups is 3. The average molecular weight is 469 g/mol. The molecule has 1 atom stereocenters. The fraction of sp³-hybridized carbons (Fsp3) is 0.211. The summed E-state index contributed by atoms with van der Waals surface area (Å²) in [6, 6.07) is 14.0. The topological polar surface area (TPSA) is 156 Å². The summed E-state index contributed by atoms with van der Waals surface area (Å²) in [6.07, 6.45) is 0.466. The largest absolute Gasteiger partial charge is 0.497 e. The highest BCUT2D eigenvalue weighted by Crippen LogP contribution is 2.24. The molecule has 0 spiro atoms. The maximum atomic E-state index is 12.1. The zero-order chi connectivity index (χ0) is 23.0. The first-order valence-corrected chi connectivity index (χ1v) is 10.9. The Morgan fingerprint density at radius 3 is 2.06 bits per heavy atom. The second-order valence-electron chi connectivity index (χ2n) is 6.12. The first-order valence-electron chi connectivity index (χ1n) is 8.65. The van der Waals surface area contributed by atoms with Crippen LogP contribution in [0.2, 0.25) is 0 Å². The van der Waals surface area contributed by atoms with Gasteiger partial charge in [-0.25, -0.2) is 0 Å². The van der Waals surface area contributed by atoms with E-state index in [1.165, 1.54) is 0 Å². The van der Waals surface area contributed by atoms with Crippen molar-refractivity contribution in [1.82, 2.24) is 5.32 Å². The number of hydrogen-bond donors (Lipinski definition) is 3. The third-order valence-electron chi connectivity index (χ3n) is 3.89. The molecular formula is C19H19NO9S2. The molecule has 3 N–H and O–H groups in total. The normalized spacial score (nSPS) is 15.5. The van der Waals surface area contributed by atoms with Crippen LogP contribution in [0.25, 0.3) is 0 Å². The number of hydrogen-bond acceptors (Lipinski definition) is 8. The van der Waals surface area contributed by atoms with Crippen LogP contribution in [0.15, 0.2) is 48.5 Å². The summed E-state index contributed by atoms with van der Waals surface area (Å²) in [4.78, 5) is 34.9. The molecule has 2 aromatic rings. The van der Waals surface area contributed by atoms with E-state index in [1.54, 1.807) is 43.5 Å². The third kappa shape index (κ3) is 8.76. The van der Waals surface area contributed by atoms with Crippen LogP contribution in [0, 0.1) is 0 Å². The minimum absolute atomic E-state index is 0.0684. The smallest absolute Gasteiger partial charge is 0.394 e. The molecule has 0 bridgehead atoms. The Labute approximate surface area is 182 Å². The molecule has 0 radical (unpaired) electrons. The lowest BCUT2D eigenvalue weighted by atomic mass is 10.1. The van der Waals surface area contributed by atoms with Crippen molar-refractivity contribution in [3.8, 4) is 11.5 Å². The number of thioether (sulfide) groups is 1. The van der Waals surface area contributed by atoms with Crippen LogP contribution in [-0.2, 0) is 21.6 Å². The lowest BCUT2D eigenvalue weighted by molar-refractivity contribution is -0.118. The van der Waals surface area contributed by atoms with E-state index in [9.17, 15) is 14.4 Å². The molecule has 2 amide bonds. The van der Waals surface area contributed by atoms with Gasteiger partial charge in [-0.2, -0.15) is 8.42 Å². The Bertz CT molecular complexity index is 1030. The van der Waals surface area contributed by atoms with Crippen molar-refractivity contribution in [2.75, 3.05) is 13.7 Å². The monoisotopic (exact) mass is 469 g/mol. The molecule has 0 aromatic heterocycles. The number of benzene rings is 2. The van der Waals surface area contributed by atoms with Gasteiger partial charge in [0.2, 0.25) is 5.91 Å². The van der Waals surface area contributed by atoms with Gasteiger partial charge in [0.25, 0.3) is 5.24 Å². The van der Waals surface area contributed by atoms with E-state index in [0.29, 0.717) is 23.5 Å². The van der Waals surface area contributed by atoms with Gasteiger partial charge in [0, 0.05) is 5.56 Å². The number of carbonyl (C=O) groups excluding carboxylic acids is 3. The second-order valence-corrected chi connectivity index (χ2v) is 8.19. The number of rotatable bonds is 7. The standard InChI is InChI=1S/C19H17NO5S.H2O4S/c1-24-14-8-4-13(5-9-14)16(21)11-25-15-6-2-12(3-7-15)10-17-18(22)20-19(23)26-17;1-5(2,3)4/h2-9,17H,10-11H2,1H3,(H,20,22,23);(H2,1,2,3,4). The van der Waals surface area contributed by atoms with Gasteiger partial charge in [-0.3, -0.25) is 28.8 Å². The molecule has 1 aliphatic rings. The summed E-state index contributed by atoms with van der Waals surface area (Å²) in [6.45, 7) is -0.0684. The van der Waals surface area contributed by atoms with Crippen LogP contribution in [0.5, 0.6) is 11.5 Å². The highest BCUT2D eigenvalue weighted by Gasteiger charge is 2.31. The Morgan fingerprint density at radius 2 is 1.58 bits per heavy atom. The van der Waals surface area contributed by atoms with Crippen molar-refractivity contribution in [1.29, 1.82) is 0 Å². The maximum Gasteiger partial charge on any atom is 0.394 e. The molecule has 31 heavy (non-hydrogen) atoms. The van der Waals surface area contributed by atoms with E-state index in [2.05, 4.69) is 5.32 Å². The predicted octanol–water partition coefficient (Wildman–Crippen LogP) is 2.20. The number of ether oxygens (including phenoxy) is 2. The quantitative estimate of drug-likeness (QED) is 0.406. The molecule has 1 aliphatic heterocycles. The molecular weight excluding hydrogens is 450 g/mol. The lowest BCUT2D eigenvalue weighted by Crippen LogP contribution is -2.25. The van der Waals surface area contributed by atoms with Crippen LogP contribution >= 0.6 is 11.8 Å². The van der Waals surface area contributed by atoms with E-state index in [0.717, 1.165) is 17.3 Å². The fourth-order valence-corrected chi connectivity index (χ4v) is 3.33. The summed E-state index contributed by atoms with van der Waals surface area (Å²) in [7, 11) is -3.10. The first kappa shape index (κ1) is 24.3. The molecule has 12 heteroatoms. The summed E-state index contributed by atoms with van der Waals surface area (Å²) < 4.78 is 42.2. The summed E-state index contributed by atoms with van der Waals surface area (Å²) in [5.74, 6) is 0.865. The van der Waals surface area contributed by atoms with Gasteiger partial charge in [0.1, 0.15) is 11.5 Å². The van der Waals surface area contributed by atoms with Gasteiger partial charge in [-0.05, 0) is 48.4 Å². The van der Waals surface area contributed by atoms with Crippen molar-refractivity contribution in [3.63, 3.8) is 0 Å². The van der Waals surface area contributed by atoms with Crippen LogP contribution in [-0.4, -0.2) is 53.4 Å². The molecule has 2 aromatic carbocycles. The predicted molar refractivity (Wildman–Crippen MR) is 112 cm³/mol. The Hall–Kier alpha value is -2.93. The maximum absolute atomic E-state index is 12.1. The van der Waals surface area contributed by atoms with Crippen molar-refractivity contribution >= 4 is 39.1 Å². The molecule has 1 saturated heterocycles. The van der Waals surface area contributed by atoms with Gasteiger partial charge >= 0.3 is 10.4 Å². The van der Waals surface area contributed by atoms with Crippen molar-refractivity contribution in [2.45, 2.75) is 11.7 Å². The molecule has 1 heterocycles. The van der Waals surface area contributed by atoms with Crippen molar-refractivity contribution < 1.29 is 41.4 Å². The molecule has 1 unspecified atom stereocenters. The third-order valence-corrected chi connectivity index (χ3v) is 4.87. The van der Waals surface area contributed by atoms with E-state index >= 15 is 0 Å². The van der Waals surface area contributed by atoms with Crippen LogP contribution in [0.3, 0.4) is 0 Å². The number of nitrogens with one attached hydrogen (secondary N) is 1. The molecule has 1 fully saturated rings. The molecule has 0 saturated carbocycles. The van der Waals surface area contributed by atoms with Crippen LogP contribution < -0.4 is 14.8 Å². The summed E-state index contributed by atoms with van der Waals surface area (Å²) in [5, 5.41) is 1.56. The zero-order valence-corrected chi connectivity index (χ0v) is 17.8.